The van der Waals surface area contributed by atoms with Crippen molar-refractivity contribution < 1.29 is 14.7 Å². The summed E-state index contributed by atoms with van der Waals surface area (Å²) < 4.78 is 0. The Morgan fingerprint density at radius 3 is 2.67 bits per heavy atom. The summed E-state index contributed by atoms with van der Waals surface area (Å²) >= 11 is 0. The summed E-state index contributed by atoms with van der Waals surface area (Å²) in [6, 6.07) is -0.633. The fourth-order valence-electron chi connectivity index (χ4n) is 2.99. The van der Waals surface area contributed by atoms with Crippen LogP contribution in [0.15, 0.2) is 0 Å². The van der Waals surface area contributed by atoms with Gasteiger partial charge in [0.2, 0.25) is 5.91 Å². The predicted molar refractivity (Wildman–Crippen MR) is 67.2 cm³/mol. The number of carboxylic acid groups (broad SMARTS) is 1. The minimum atomic E-state index is -0.873. The maximum absolute atomic E-state index is 12.6. The van der Waals surface area contributed by atoms with Crippen LogP contribution in [0.3, 0.4) is 0 Å². The average Bonchev–Trinajstić information content (AvgIpc) is 2.38. The lowest BCUT2D eigenvalue weighted by molar-refractivity contribution is -0.155. The number of carboxylic acids is 1. The second kappa shape index (κ2) is 5.26. The van der Waals surface area contributed by atoms with Crippen molar-refractivity contribution in [3.05, 3.63) is 0 Å². The third-order valence-electron chi connectivity index (χ3n) is 4.14. The van der Waals surface area contributed by atoms with E-state index in [1.54, 1.807) is 4.90 Å². The molecule has 5 nitrogen and oxygen atoms in total. The Labute approximate surface area is 108 Å². The molecule has 0 aromatic rings. The first-order chi connectivity index (χ1) is 8.54. The third-order valence-corrected chi connectivity index (χ3v) is 4.14. The first-order valence-electron chi connectivity index (χ1n) is 6.83. The lowest BCUT2D eigenvalue weighted by Crippen LogP contribution is -2.61. The molecule has 5 heteroatoms. The van der Waals surface area contributed by atoms with Crippen molar-refractivity contribution in [3.63, 3.8) is 0 Å². The smallest absolute Gasteiger partial charge is 0.326 e. The molecule has 2 aliphatic rings. The molecule has 0 spiro atoms. The van der Waals surface area contributed by atoms with Crippen LogP contribution in [-0.4, -0.2) is 46.6 Å². The molecule has 0 saturated carbocycles. The van der Waals surface area contributed by atoms with E-state index in [0.29, 0.717) is 13.0 Å². The van der Waals surface area contributed by atoms with Crippen molar-refractivity contribution >= 4 is 11.9 Å². The molecular formula is C13H22N2O3. The zero-order valence-corrected chi connectivity index (χ0v) is 10.9. The largest absolute Gasteiger partial charge is 0.480 e. The van der Waals surface area contributed by atoms with Gasteiger partial charge in [-0.05, 0) is 52.0 Å². The van der Waals surface area contributed by atoms with Crippen LogP contribution < -0.4 is 5.32 Å². The lowest BCUT2D eigenvalue weighted by Gasteiger charge is -2.41. The fraction of sp³-hybridized carbons (Fsp3) is 0.846. The van der Waals surface area contributed by atoms with Gasteiger partial charge in [0.05, 0.1) is 5.54 Å². The monoisotopic (exact) mass is 254 g/mol. The number of hydrogen-bond acceptors (Lipinski definition) is 3. The second-order valence-corrected chi connectivity index (χ2v) is 5.56. The van der Waals surface area contributed by atoms with Crippen molar-refractivity contribution in [3.8, 4) is 0 Å². The number of nitrogens with zero attached hydrogens (tertiary/aromatic N) is 1. The first-order valence-corrected chi connectivity index (χ1v) is 6.83. The molecule has 2 N–H and O–H groups in total. The molecule has 2 saturated heterocycles. The van der Waals surface area contributed by atoms with Gasteiger partial charge in [-0.25, -0.2) is 4.79 Å². The van der Waals surface area contributed by atoms with Gasteiger partial charge in [0.1, 0.15) is 6.04 Å². The van der Waals surface area contributed by atoms with E-state index in [9.17, 15) is 14.7 Å². The van der Waals surface area contributed by atoms with E-state index >= 15 is 0 Å². The van der Waals surface area contributed by atoms with Crippen LogP contribution in [0, 0.1) is 0 Å². The maximum Gasteiger partial charge on any atom is 0.326 e. The summed E-state index contributed by atoms with van der Waals surface area (Å²) in [6.45, 7) is 3.32. The summed E-state index contributed by atoms with van der Waals surface area (Å²) in [6.07, 6.45) is 5.30. The number of amides is 1. The van der Waals surface area contributed by atoms with E-state index in [2.05, 4.69) is 5.32 Å². The van der Waals surface area contributed by atoms with Crippen molar-refractivity contribution in [2.75, 3.05) is 13.1 Å². The highest BCUT2D eigenvalue weighted by Gasteiger charge is 2.42. The minimum absolute atomic E-state index is 0.0331. The van der Waals surface area contributed by atoms with Gasteiger partial charge in [0.25, 0.3) is 0 Å². The van der Waals surface area contributed by atoms with Gasteiger partial charge < -0.3 is 15.3 Å². The van der Waals surface area contributed by atoms with Crippen molar-refractivity contribution in [1.29, 1.82) is 0 Å². The van der Waals surface area contributed by atoms with Crippen LogP contribution in [-0.2, 0) is 9.59 Å². The topological polar surface area (TPSA) is 69.6 Å². The Morgan fingerprint density at radius 2 is 2.06 bits per heavy atom. The summed E-state index contributed by atoms with van der Waals surface area (Å²) in [4.78, 5) is 25.4. The molecule has 2 rings (SSSR count). The molecule has 2 fully saturated rings. The predicted octanol–water partition coefficient (Wildman–Crippen LogP) is 0.984. The molecule has 0 aromatic heterocycles. The highest BCUT2D eigenvalue weighted by Crippen LogP contribution is 2.26. The van der Waals surface area contributed by atoms with Gasteiger partial charge in [-0.15, -0.1) is 0 Å². The van der Waals surface area contributed by atoms with Crippen LogP contribution in [0.1, 0.15) is 45.4 Å². The Bertz CT molecular complexity index is 337. The second-order valence-electron chi connectivity index (χ2n) is 5.56. The Hall–Kier alpha value is -1.10. The normalized spacial score (nSPS) is 33.2. The maximum atomic E-state index is 12.6. The van der Waals surface area contributed by atoms with Crippen molar-refractivity contribution in [2.24, 2.45) is 0 Å². The van der Waals surface area contributed by atoms with Crippen LogP contribution in [0.2, 0.25) is 0 Å². The van der Waals surface area contributed by atoms with Crippen LogP contribution in [0.25, 0.3) is 0 Å². The standard InChI is InChI=1S/C13H22N2O3/c1-13(7-3-4-8-14-13)12(18)15-9-5-2-6-10(15)11(16)17/h10,14H,2-9H2,1H3,(H,16,17)/t10-,13?/m1/s1. The number of rotatable bonds is 2. The molecule has 0 aromatic carbocycles. The number of likely N-dealkylation sites (tertiary alicyclic amines) is 1. The SMILES string of the molecule is CC1(C(=O)N2CCCC[C@@H]2C(=O)O)CCCCN1. The zero-order chi connectivity index (χ0) is 13.2. The molecule has 2 atom stereocenters. The number of nitrogens with one attached hydrogen (secondary N) is 1. The number of hydrogen-bond donors (Lipinski definition) is 2. The number of aliphatic carboxylic acids is 1. The Morgan fingerprint density at radius 1 is 1.28 bits per heavy atom. The molecule has 18 heavy (non-hydrogen) atoms. The van der Waals surface area contributed by atoms with Crippen LogP contribution in [0.4, 0.5) is 0 Å². The molecule has 0 aliphatic carbocycles. The average molecular weight is 254 g/mol. The quantitative estimate of drug-likeness (QED) is 0.771. The van der Waals surface area contributed by atoms with Gasteiger partial charge in [-0.3, -0.25) is 4.79 Å². The molecule has 1 unspecified atom stereocenters. The molecular weight excluding hydrogens is 232 g/mol. The summed E-state index contributed by atoms with van der Waals surface area (Å²) in [5, 5.41) is 12.5. The molecule has 102 valence electrons. The van der Waals surface area contributed by atoms with Crippen molar-refractivity contribution in [1.82, 2.24) is 10.2 Å². The number of carbonyl (C=O) groups is 2. The molecule has 2 aliphatic heterocycles. The highest BCUT2D eigenvalue weighted by molar-refractivity contribution is 5.90. The highest BCUT2D eigenvalue weighted by atomic mass is 16.4. The van der Waals surface area contributed by atoms with E-state index in [0.717, 1.165) is 38.6 Å². The van der Waals surface area contributed by atoms with Crippen molar-refractivity contribution in [2.45, 2.75) is 57.0 Å². The van der Waals surface area contributed by atoms with Crippen LogP contribution >= 0.6 is 0 Å². The number of piperidine rings is 2. The molecule has 0 radical (unpaired) electrons. The van der Waals surface area contributed by atoms with Crippen LogP contribution in [0.5, 0.6) is 0 Å². The van der Waals surface area contributed by atoms with Gasteiger partial charge in [-0.1, -0.05) is 0 Å². The van der Waals surface area contributed by atoms with Gasteiger partial charge in [0, 0.05) is 6.54 Å². The molecule has 1 amide bonds. The minimum Gasteiger partial charge on any atom is -0.480 e. The summed E-state index contributed by atoms with van der Waals surface area (Å²) in [5.74, 6) is -0.906. The number of carbonyl (C=O) groups excluding carboxylic acids is 1. The Kier molecular flexibility index (Phi) is 3.90. The third kappa shape index (κ3) is 2.51. The lowest BCUT2D eigenvalue weighted by atomic mass is 9.88. The van der Waals surface area contributed by atoms with Gasteiger partial charge in [0.15, 0.2) is 0 Å². The van der Waals surface area contributed by atoms with E-state index in [1.165, 1.54) is 0 Å². The molecule has 2 heterocycles. The summed E-state index contributed by atoms with van der Waals surface area (Å²) in [5.41, 5.74) is -0.566. The summed E-state index contributed by atoms with van der Waals surface area (Å²) in [7, 11) is 0. The fourth-order valence-corrected chi connectivity index (χ4v) is 2.99. The first kappa shape index (κ1) is 13.3. The molecule has 0 bridgehead atoms. The van der Waals surface area contributed by atoms with E-state index in [4.69, 9.17) is 0 Å². The van der Waals surface area contributed by atoms with E-state index in [1.807, 2.05) is 6.92 Å². The van der Waals surface area contributed by atoms with E-state index < -0.39 is 17.6 Å². The van der Waals surface area contributed by atoms with Gasteiger partial charge in [-0.2, -0.15) is 0 Å². The zero-order valence-electron chi connectivity index (χ0n) is 10.9. The Balaban J connectivity index is 2.12. The van der Waals surface area contributed by atoms with E-state index in [-0.39, 0.29) is 5.91 Å². The van der Waals surface area contributed by atoms with Gasteiger partial charge >= 0.3 is 5.97 Å².